The molecule has 130 valence electrons. The van der Waals surface area contributed by atoms with E-state index < -0.39 is 10.0 Å². The molecule has 0 aliphatic carbocycles. The van der Waals surface area contributed by atoms with Crippen molar-refractivity contribution < 1.29 is 13.2 Å². The van der Waals surface area contributed by atoms with Crippen LogP contribution in [0.5, 0.6) is 0 Å². The van der Waals surface area contributed by atoms with Crippen LogP contribution in [0.15, 0.2) is 24.3 Å². The molecule has 0 spiro atoms. The minimum absolute atomic E-state index is 0.127. The molecular weight excluding hydrogens is 312 g/mol. The molecular formula is C17H28N2O3S. The summed E-state index contributed by atoms with van der Waals surface area (Å²) in [6.07, 6.45) is 4.24. The van der Waals surface area contributed by atoms with Crippen molar-refractivity contribution in [3.8, 4) is 0 Å². The van der Waals surface area contributed by atoms with Gasteiger partial charge in [0.15, 0.2) is 0 Å². The van der Waals surface area contributed by atoms with Gasteiger partial charge in [0.05, 0.1) is 6.26 Å². The van der Waals surface area contributed by atoms with Crippen molar-refractivity contribution in [3.63, 3.8) is 0 Å². The zero-order valence-corrected chi connectivity index (χ0v) is 15.2. The van der Waals surface area contributed by atoms with E-state index in [0.29, 0.717) is 13.1 Å². The average Bonchev–Trinajstić information content (AvgIpc) is 2.48. The molecule has 23 heavy (non-hydrogen) atoms. The van der Waals surface area contributed by atoms with Gasteiger partial charge >= 0.3 is 0 Å². The van der Waals surface area contributed by atoms with Crippen molar-refractivity contribution in [2.75, 3.05) is 19.3 Å². The number of aryl methyl sites for hydroxylation is 1. The van der Waals surface area contributed by atoms with E-state index in [1.54, 1.807) is 0 Å². The van der Waals surface area contributed by atoms with Crippen molar-refractivity contribution in [1.82, 2.24) is 9.62 Å². The summed E-state index contributed by atoms with van der Waals surface area (Å²) in [6.45, 7) is 5.27. The fourth-order valence-corrected chi connectivity index (χ4v) is 3.18. The first-order chi connectivity index (χ1) is 10.8. The Morgan fingerprint density at radius 3 is 2.48 bits per heavy atom. The number of carbonyl (C=O) groups is 1. The molecule has 1 rings (SSSR count). The number of unbranched alkanes of at least 4 members (excludes halogenated alkanes) is 2. The number of rotatable bonds is 10. The van der Waals surface area contributed by atoms with Crippen molar-refractivity contribution in [1.29, 1.82) is 0 Å². The minimum Gasteiger partial charge on any atom is -0.352 e. The van der Waals surface area contributed by atoms with Crippen LogP contribution >= 0.6 is 0 Å². The van der Waals surface area contributed by atoms with Crippen LogP contribution in [-0.4, -0.2) is 38.0 Å². The second-order valence-corrected chi connectivity index (χ2v) is 7.80. The van der Waals surface area contributed by atoms with E-state index in [9.17, 15) is 13.2 Å². The Hall–Kier alpha value is -1.40. The molecule has 0 bridgehead atoms. The van der Waals surface area contributed by atoms with Crippen LogP contribution in [-0.2, 0) is 21.4 Å². The number of benzene rings is 1. The Morgan fingerprint density at radius 1 is 1.17 bits per heavy atom. The SMILES string of the molecule is CCCCCN(CCC(=O)NCc1ccccc1C)S(C)(=O)=O. The lowest BCUT2D eigenvalue weighted by Crippen LogP contribution is -2.35. The Kier molecular flexibility index (Phi) is 8.26. The van der Waals surface area contributed by atoms with Gasteiger partial charge in [-0.3, -0.25) is 4.79 Å². The number of carbonyl (C=O) groups excluding carboxylic acids is 1. The molecule has 0 atom stereocenters. The van der Waals surface area contributed by atoms with Crippen LogP contribution in [0.2, 0.25) is 0 Å². The Balaban J connectivity index is 2.44. The quantitative estimate of drug-likeness (QED) is 0.665. The molecule has 5 nitrogen and oxygen atoms in total. The normalized spacial score (nSPS) is 11.7. The first-order valence-corrected chi connectivity index (χ1v) is 9.95. The zero-order valence-electron chi connectivity index (χ0n) is 14.3. The molecule has 0 aliphatic rings. The maximum atomic E-state index is 12.0. The molecule has 1 amide bonds. The van der Waals surface area contributed by atoms with E-state index in [0.717, 1.165) is 30.4 Å². The average molecular weight is 340 g/mol. The molecule has 6 heteroatoms. The molecule has 0 unspecified atom stereocenters. The molecule has 1 aromatic rings. The van der Waals surface area contributed by atoms with Gasteiger partial charge in [-0.05, 0) is 24.5 Å². The summed E-state index contributed by atoms with van der Waals surface area (Å²) in [5, 5.41) is 2.85. The number of sulfonamides is 1. The monoisotopic (exact) mass is 340 g/mol. The van der Waals surface area contributed by atoms with E-state index in [2.05, 4.69) is 12.2 Å². The molecule has 0 fully saturated rings. The highest BCUT2D eigenvalue weighted by Crippen LogP contribution is 2.07. The third-order valence-electron chi connectivity index (χ3n) is 3.81. The van der Waals surface area contributed by atoms with Gasteiger partial charge in [0.25, 0.3) is 0 Å². The fraction of sp³-hybridized carbons (Fsp3) is 0.588. The number of nitrogens with zero attached hydrogens (tertiary/aromatic N) is 1. The molecule has 0 aromatic heterocycles. The van der Waals surface area contributed by atoms with E-state index in [1.165, 1.54) is 10.6 Å². The predicted molar refractivity (Wildman–Crippen MR) is 93.6 cm³/mol. The summed E-state index contributed by atoms with van der Waals surface area (Å²) < 4.78 is 24.9. The van der Waals surface area contributed by atoms with Crippen LogP contribution in [0.1, 0.15) is 43.7 Å². The molecule has 0 saturated heterocycles. The zero-order chi connectivity index (χ0) is 17.3. The van der Waals surface area contributed by atoms with Gasteiger partial charge in [-0.2, -0.15) is 0 Å². The second-order valence-electron chi connectivity index (χ2n) is 5.82. The number of hydrogen-bond acceptors (Lipinski definition) is 3. The highest BCUT2D eigenvalue weighted by molar-refractivity contribution is 7.88. The van der Waals surface area contributed by atoms with Gasteiger partial charge in [0.2, 0.25) is 15.9 Å². The lowest BCUT2D eigenvalue weighted by Gasteiger charge is -2.19. The van der Waals surface area contributed by atoms with E-state index in [4.69, 9.17) is 0 Å². The van der Waals surface area contributed by atoms with Crippen LogP contribution in [0.4, 0.5) is 0 Å². The van der Waals surface area contributed by atoms with E-state index in [1.807, 2.05) is 31.2 Å². The molecule has 1 N–H and O–H groups in total. The molecule has 0 saturated carbocycles. The molecule has 0 aliphatic heterocycles. The smallest absolute Gasteiger partial charge is 0.221 e. The standard InChI is InChI=1S/C17H28N2O3S/c1-4-5-8-12-19(23(3,21)22)13-11-17(20)18-14-16-10-7-6-9-15(16)2/h6-7,9-10H,4-5,8,11-14H2,1-3H3,(H,18,20). The van der Waals surface area contributed by atoms with Crippen LogP contribution in [0.25, 0.3) is 0 Å². The van der Waals surface area contributed by atoms with Crippen LogP contribution in [0, 0.1) is 6.92 Å². The van der Waals surface area contributed by atoms with Gasteiger partial charge in [-0.15, -0.1) is 0 Å². The van der Waals surface area contributed by atoms with Crippen molar-refractivity contribution >= 4 is 15.9 Å². The minimum atomic E-state index is -3.26. The summed E-state index contributed by atoms with van der Waals surface area (Å²) in [5.41, 5.74) is 2.20. The molecule has 0 heterocycles. The summed E-state index contributed by atoms with van der Waals surface area (Å²) in [5.74, 6) is -0.127. The van der Waals surface area contributed by atoms with E-state index in [-0.39, 0.29) is 18.9 Å². The first-order valence-electron chi connectivity index (χ1n) is 8.11. The van der Waals surface area contributed by atoms with Crippen molar-refractivity contribution in [2.45, 2.75) is 46.1 Å². The van der Waals surface area contributed by atoms with Gasteiger partial charge < -0.3 is 5.32 Å². The molecule has 1 aromatic carbocycles. The Labute approximate surface area is 140 Å². The summed E-state index contributed by atoms with van der Waals surface area (Å²) in [6, 6.07) is 7.87. The summed E-state index contributed by atoms with van der Waals surface area (Å²) in [7, 11) is -3.26. The van der Waals surface area contributed by atoms with Gasteiger partial charge in [-0.1, -0.05) is 44.0 Å². The third kappa shape index (κ3) is 7.61. The number of nitrogens with one attached hydrogen (secondary N) is 1. The van der Waals surface area contributed by atoms with Crippen molar-refractivity contribution in [3.05, 3.63) is 35.4 Å². The lowest BCUT2D eigenvalue weighted by molar-refractivity contribution is -0.121. The maximum Gasteiger partial charge on any atom is 0.221 e. The third-order valence-corrected chi connectivity index (χ3v) is 5.11. The van der Waals surface area contributed by atoms with Gasteiger partial charge in [0.1, 0.15) is 0 Å². The van der Waals surface area contributed by atoms with Gasteiger partial charge in [-0.25, -0.2) is 12.7 Å². The lowest BCUT2D eigenvalue weighted by atomic mass is 10.1. The fourth-order valence-electron chi connectivity index (χ4n) is 2.30. The predicted octanol–water partition coefficient (Wildman–Crippen LogP) is 2.45. The summed E-state index contributed by atoms with van der Waals surface area (Å²) in [4.78, 5) is 12.0. The highest BCUT2D eigenvalue weighted by Gasteiger charge is 2.17. The Bertz CT molecular complexity index is 600. The number of amides is 1. The topological polar surface area (TPSA) is 66.5 Å². The largest absolute Gasteiger partial charge is 0.352 e. The van der Waals surface area contributed by atoms with Crippen LogP contribution in [0.3, 0.4) is 0 Å². The maximum absolute atomic E-state index is 12.0. The second kappa shape index (κ2) is 9.67. The van der Waals surface area contributed by atoms with E-state index >= 15 is 0 Å². The Morgan fingerprint density at radius 2 is 1.87 bits per heavy atom. The first kappa shape index (κ1) is 19.6. The van der Waals surface area contributed by atoms with Gasteiger partial charge in [0, 0.05) is 26.1 Å². The van der Waals surface area contributed by atoms with Crippen LogP contribution < -0.4 is 5.32 Å². The number of hydrogen-bond donors (Lipinski definition) is 1. The summed E-state index contributed by atoms with van der Waals surface area (Å²) >= 11 is 0. The molecule has 0 radical (unpaired) electrons. The van der Waals surface area contributed by atoms with Crippen molar-refractivity contribution in [2.24, 2.45) is 0 Å². The highest BCUT2D eigenvalue weighted by atomic mass is 32.2.